The smallest absolute Gasteiger partial charge is 0.407 e. The van der Waals surface area contributed by atoms with Gasteiger partial charge in [0.05, 0.1) is 73.4 Å². The number of hydrogen-bond acceptors (Lipinski definition) is 23. The molecule has 4 amide bonds. The molecule has 2 aliphatic heterocycles. The molecular weight excluding hydrogens is 1400 g/mol. The Hall–Kier alpha value is -10.0. The number of unbranched alkanes of at least 4 members (excludes halogenated alkanes) is 1. The maximum Gasteiger partial charge on any atom is 0.407 e. The average molecular weight is 1500 g/mol. The fraction of sp³-hybridized carbons (Fsp3) is 0.457. The number of esters is 3. The second-order valence-corrected chi connectivity index (χ2v) is 26.3. The van der Waals surface area contributed by atoms with Crippen molar-refractivity contribution in [2.24, 2.45) is 11.8 Å². The van der Waals surface area contributed by atoms with Crippen molar-refractivity contribution in [2.45, 2.75) is 146 Å². The van der Waals surface area contributed by atoms with Crippen LogP contribution < -0.4 is 40.2 Å². The lowest BCUT2D eigenvalue weighted by Gasteiger charge is -2.46. The van der Waals surface area contributed by atoms with Gasteiger partial charge in [0.1, 0.15) is 77.8 Å². The van der Waals surface area contributed by atoms with Crippen LogP contribution in [0.5, 0.6) is 23.0 Å². The molecule has 2 aliphatic rings. The summed E-state index contributed by atoms with van der Waals surface area (Å²) >= 11 is 0. The fourth-order valence-corrected chi connectivity index (χ4v) is 13.1. The van der Waals surface area contributed by atoms with Crippen LogP contribution in [0.1, 0.15) is 113 Å². The number of amides is 4. The number of aliphatic hydroxyl groups excluding tert-OH is 1. The van der Waals surface area contributed by atoms with E-state index in [2.05, 4.69) is 21.3 Å². The molecule has 0 spiro atoms. The molecule has 2 heterocycles. The largest absolute Gasteiger partial charge is 0.497 e. The molecule has 0 aromatic heterocycles. The van der Waals surface area contributed by atoms with Gasteiger partial charge >= 0.3 is 24.0 Å². The molecule has 27 nitrogen and oxygen atoms in total. The van der Waals surface area contributed by atoms with E-state index in [4.69, 9.17) is 66.3 Å². The summed E-state index contributed by atoms with van der Waals surface area (Å²) < 4.78 is 84.3. The van der Waals surface area contributed by atoms with Gasteiger partial charge in [-0.05, 0) is 101 Å². The number of benzene rings is 6. The number of methoxy groups -OCH3 is 4. The topological polar surface area (TPSA) is 334 Å². The van der Waals surface area contributed by atoms with E-state index in [9.17, 15) is 43.5 Å². The Morgan fingerprint density at radius 1 is 0.463 bits per heavy atom. The number of alkyl carbamates (subject to hydrolysis) is 1. The maximum absolute atomic E-state index is 12.9. The van der Waals surface area contributed by atoms with Crippen LogP contribution in [0.25, 0.3) is 0 Å². The Bertz CT molecular complexity index is 3510. The SMILES string of the molecule is COc1ccc(C(OC[C@H]2O[C@@H](OCCCCC(=O)CNC(=O)OCC(O)COC(=O)CCC(=O)NCCCO[C@@H]3O[C@H](COC(c4ccccc4)(c4ccc(OC)cc4)c4ccc(OC)cc4)[C@H](C)[C@H](OC(C)=O)[C@H]3NC(C)=O)[C@H](NC(C)=O)[C@@H](OC(C)=O)[C@H]2C)(c2ccccc2)c2ccc(OC)cc2)cc1. The monoisotopic (exact) mass is 1500 g/mol. The van der Waals surface area contributed by atoms with Crippen LogP contribution in [0.2, 0.25) is 0 Å². The molecule has 5 N–H and O–H groups in total. The summed E-state index contributed by atoms with van der Waals surface area (Å²) in [4.78, 5) is 102. The Balaban J connectivity index is 0.759. The van der Waals surface area contributed by atoms with E-state index in [0.717, 1.165) is 33.4 Å². The molecule has 582 valence electrons. The zero-order valence-electron chi connectivity index (χ0n) is 62.7. The molecule has 0 aliphatic carbocycles. The Morgan fingerprint density at radius 2 is 0.843 bits per heavy atom. The molecule has 0 saturated carbocycles. The number of aliphatic hydroxyl groups is 1. The third-order valence-electron chi connectivity index (χ3n) is 18.6. The first kappa shape index (κ1) is 83.6. The summed E-state index contributed by atoms with van der Waals surface area (Å²) in [7, 11) is 6.35. The number of nitrogens with one attached hydrogen (secondary N) is 4. The first-order valence-electron chi connectivity index (χ1n) is 35.9. The molecule has 108 heavy (non-hydrogen) atoms. The fourth-order valence-electron chi connectivity index (χ4n) is 13.1. The molecule has 27 heteroatoms. The maximum atomic E-state index is 12.9. The summed E-state index contributed by atoms with van der Waals surface area (Å²) in [5.74, 6) is -2.13. The molecule has 2 saturated heterocycles. The van der Waals surface area contributed by atoms with Crippen molar-refractivity contribution in [2.75, 3.05) is 81.2 Å². The van der Waals surface area contributed by atoms with E-state index in [1.807, 2.05) is 172 Å². The van der Waals surface area contributed by atoms with Gasteiger partial charge < -0.3 is 92.7 Å². The summed E-state index contributed by atoms with van der Waals surface area (Å²) in [6.45, 7) is 7.44. The van der Waals surface area contributed by atoms with Crippen molar-refractivity contribution in [1.29, 1.82) is 0 Å². The summed E-state index contributed by atoms with van der Waals surface area (Å²) in [6, 6.07) is 47.7. The number of Topliss-reactive ketones (excluding diaryl/α,β-unsaturated/α-hetero) is 1. The van der Waals surface area contributed by atoms with Gasteiger partial charge in [-0.2, -0.15) is 0 Å². The number of carbonyl (C=O) groups is 8. The van der Waals surface area contributed by atoms with E-state index >= 15 is 0 Å². The predicted octanol–water partition coefficient (Wildman–Crippen LogP) is 8.32. The standard InChI is InChI=1S/C81H100N4O23/c1-51-69(49-103-80(57-20-13-11-14-21-57,59-25-33-65(95-7)34-26-59)60-27-35-66(96-8)36-28-60)107-77(73(84-53(3)86)75(51)105-55(5)88)99-44-18-17-24-63(90)46-83-79(94)102-48-64(91)47-101-72(93)42-41-71(92)82-43-19-45-100-78-74(85-54(4)87)76(106-56(6)89)52(2)70(108-78)50-104-81(58-22-15-12-16-23-58,61-29-37-67(97-9)38-30-61)62-31-39-68(98-10)40-32-62/h11-16,20-23,25-40,51-52,64,69-70,73-78,91H,17-19,24,41-50H2,1-10H3,(H,82,92)(H,83,94)(H,84,86)(H,85,87)/t51-,52-,64?,69+,70+,73+,74+,75-,76-,77+,78+/m0/s1. The van der Waals surface area contributed by atoms with Gasteiger partial charge in [0.25, 0.3) is 0 Å². The summed E-state index contributed by atoms with van der Waals surface area (Å²) in [6.07, 6.45) is -7.73. The number of ketones is 1. The van der Waals surface area contributed by atoms with Gasteiger partial charge in [-0.15, -0.1) is 0 Å². The molecule has 6 aromatic rings. The minimum Gasteiger partial charge on any atom is -0.497 e. The first-order valence-corrected chi connectivity index (χ1v) is 35.9. The van der Waals surface area contributed by atoms with Crippen molar-refractivity contribution in [3.8, 4) is 23.0 Å². The van der Waals surface area contributed by atoms with Gasteiger partial charge in [0.2, 0.25) is 17.7 Å². The second kappa shape index (κ2) is 41.4. The zero-order valence-corrected chi connectivity index (χ0v) is 62.7. The highest BCUT2D eigenvalue weighted by atomic mass is 16.7. The van der Waals surface area contributed by atoms with Gasteiger partial charge in [0, 0.05) is 65.5 Å². The lowest BCUT2D eigenvalue weighted by molar-refractivity contribution is -0.264. The molecule has 1 unspecified atom stereocenters. The number of rotatable bonds is 40. The van der Waals surface area contributed by atoms with Crippen LogP contribution in [0.15, 0.2) is 158 Å². The van der Waals surface area contributed by atoms with Gasteiger partial charge in [-0.25, -0.2) is 4.79 Å². The lowest BCUT2D eigenvalue weighted by Crippen LogP contribution is -2.63. The quantitative estimate of drug-likeness (QED) is 0.0104. The van der Waals surface area contributed by atoms with Gasteiger partial charge in [0.15, 0.2) is 18.4 Å². The van der Waals surface area contributed by atoms with Crippen molar-refractivity contribution >= 4 is 47.5 Å². The number of carbonyl (C=O) groups excluding carboxylic acids is 8. The second-order valence-electron chi connectivity index (χ2n) is 26.3. The summed E-state index contributed by atoms with van der Waals surface area (Å²) in [5, 5.41) is 21.2. The highest BCUT2D eigenvalue weighted by molar-refractivity contribution is 5.84. The van der Waals surface area contributed by atoms with Crippen LogP contribution >= 0.6 is 0 Å². The van der Waals surface area contributed by atoms with Crippen molar-refractivity contribution < 1.29 is 110 Å². The van der Waals surface area contributed by atoms with Gasteiger partial charge in [-0.1, -0.05) is 123 Å². The van der Waals surface area contributed by atoms with Crippen LogP contribution in [-0.4, -0.2) is 189 Å². The number of hydrogen-bond donors (Lipinski definition) is 5. The van der Waals surface area contributed by atoms with E-state index < -0.39 is 140 Å². The van der Waals surface area contributed by atoms with Crippen molar-refractivity contribution in [3.05, 3.63) is 191 Å². The Labute approximate surface area is 629 Å². The average Bonchev–Trinajstić information content (AvgIpc) is 0.755. The zero-order chi connectivity index (χ0) is 77.8. The van der Waals surface area contributed by atoms with Crippen LogP contribution in [0, 0.1) is 11.8 Å². The Kier molecular flexibility index (Phi) is 32.0. The molecular formula is C81H100N4O23. The Morgan fingerprint density at radius 3 is 1.22 bits per heavy atom. The first-order chi connectivity index (χ1) is 52.0. The predicted molar refractivity (Wildman–Crippen MR) is 392 cm³/mol. The van der Waals surface area contributed by atoms with Gasteiger partial charge in [-0.3, -0.25) is 33.6 Å². The molecule has 6 aromatic carbocycles. The minimum absolute atomic E-state index is 0.0107. The number of ether oxygens (including phenoxy) is 14. The van der Waals surface area contributed by atoms with Crippen LogP contribution in [0.3, 0.4) is 0 Å². The third-order valence-corrected chi connectivity index (χ3v) is 18.6. The molecule has 0 radical (unpaired) electrons. The van der Waals surface area contributed by atoms with E-state index in [1.165, 1.54) is 27.7 Å². The highest BCUT2D eigenvalue weighted by Gasteiger charge is 2.51. The molecule has 0 bridgehead atoms. The molecule has 8 rings (SSSR count). The van der Waals surface area contributed by atoms with E-state index in [-0.39, 0.29) is 64.4 Å². The molecule has 2 fully saturated rings. The molecule has 11 atom stereocenters. The highest BCUT2D eigenvalue weighted by Crippen LogP contribution is 2.45. The third kappa shape index (κ3) is 23.0. The minimum atomic E-state index is -1.44. The van der Waals surface area contributed by atoms with Crippen LogP contribution in [-0.2, 0) is 92.1 Å². The summed E-state index contributed by atoms with van der Waals surface area (Å²) in [5.41, 5.74) is 2.28. The van der Waals surface area contributed by atoms with E-state index in [0.29, 0.717) is 35.8 Å². The normalized spacial score (nSPS) is 20.1. The van der Waals surface area contributed by atoms with Crippen molar-refractivity contribution in [3.63, 3.8) is 0 Å². The van der Waals surface area contributed by atoms with E-state index in [1.54, 1.807) is 28.4 Å². The van der Waals surface area contributed by atoms with Crippen molar-refractivity contribution in [1.82, 2.24) is 21.3 Å². The van der Waals surface area contributed by atoms with Crippen LogP contribution in [0.4, 0.5) is 4.79 Å². The lowest BCUT2D eigenvalue weighted by atomic mass is 9.79.